The van der Waals surface area contributed by atoms with Crippen LogP contribution in [0.3, 0.4) is 0 Å². The van der Waals surface area contributed by atoms with E-state index in [1.807, 2.05) is 54.6 Å². The molecule has 1 unspecified atom stereocenters. The highest BCUT2D eigenvalue weighted by atomic mass is 16.7. The summed E-state index contributed by atoms with van der Waals surface area (Å²) in [5.41, 5.74) is 1.95. The zero-order valence-corrected chi connectivity index (χ0v) is 14.6. The number of rotatable bonds is 2. The summed E-state index contributed by atoms with van der Waals surface area (Å²) in [5.74, 6) is 2.80. The molecule has 0 radical (unpaired) electrons. The molecule has 1 atom stereocenters. The zero-order chi connectivity index (χ0) is 18.4. The molecular weight excluding hydrogens is 344 g/mol. The lowest BCUT2D eigenvalue weighted by molar-refractivity contribution is 0.174. The Morgan fingerprint density at radius 1 is 0.926 bits per heavy atom. The van der Waals surface area contributed by atoms with Gasteiger partial charge in [0.15, 0.2) is 11.5 Å². The van der Waals surface area contributed by atoms with Gasteiger partial charge in [-0.2, -0.15) is 0 Å². The SMILES string of the molecule is Cc1cc2c(c(=O)o1)C(c1ccc3c(c1)OCO3)C=C(c1ccccc1)O2. The van der Waals surface area contributed by atoms with E-state index >= 15 is 0 Å². The van der Waals surface area contributed by atoms with E-state index in [0.29, 0.717) is 34.3 Å². The molecule has 3 heterocycles. The summed E-state index contributed by atoms with van der Waals surface area (Å²) >= 11 is 0. The molecule has 0 aliphatic carbocycles. The molecule has 27 heavy (non-hydrogen) atoms. The van der Waals surface area contributed by atoms with E-state index in [-0.39, 0.29) is 12.7 Å². The molecule has 0 fully saturated rings. The van der Waals surface area contributed by atoms with E-state index < -0.39 is 5.63 Å². The van der Waals surface area contributed by atoms with Crippen LogP contribution in [-0.4, -0.2) is 6.79 Å². The Bertz CT molecular complexity index is 1110. The molecule has 0 bridgehead atoms. The fourth-order valence-corrected chi connectivity index (χ4v) is 3.47. The van der Waals surface area contributed by atoms with Crippen LogP contribution in [0.2, 0.25) is 0 Å². The molecule has 5 heteroatoms. The van der Waals surface area contributed by atoms with E-state index in [0.717, 1.165) is 11.1 Å². The van der Waals surface area contributed by atoms with Gasteiger partial charge >= 0.3 is 5.63 Å². The quantitative estimate of drug-likeness (QED) is 0.684. The van der Waals surface area contributed by atoms with Crippen molar-refractivity contribution >= 4 is 5.76 Å². The van der Waals surface area contributed by atoms with Crippen LogP contribution in [-0.2, 0) is 0 Å². The summed E-state index contributed by atoms with van der Waals surface area (Å²) in [5, 5.41) is 0. The molecule has 0 spiro atoms. The van der Waals surface area contributed by atoms with Gasteiger partial charge in [0.2, 0.25) is 6.79 Å². The first kappa shape index (κ1) is 15.8. The standard InChI is InChI=1S/C22H16O5/c1-13-9-20-21(22(23)26-13)16(11-18(27-20)14-5-3-2-4-6-14)15-7-8-17-19(10-15)25-12-24-17/h2-11,16H,12H2,1H3. The molecule has 3 aromatic rings. The Hall–Kier alpha value is -3.47. The summed E-state index contributed by atoms with van der Waals surface area (Å²) < 4.78 is 22.3. The largest absolute Gasteiger partial charge is 0.456 e. The van der Waals surface area contributed by atoms with Gasteiger partial charge in [-0.15, -0.1) is 0 Å². The molecule has 2 aromatic carbocycles. The maximum Gasteiger partial charge on any atom is 0.343 e. The molecule has 2 aliphatic rings. The summed E-state index contributed by atoms with van der Waals surface area (Å²) in [7, 11) is 0. The maximum atomic E-state index is 12.6. The third kappa shape index (κ3) is 2.68. The highest BCUT2D eigenvalue weighted by Crippen LogP contribution is 2.42. The van der Waals surface area contributed by atoms with Crippen molar-refractivity contribution in [3.63, 3.8) is 0 Å². The smallest absolute Gasteiger partial charge is 0.343 e. The normalized spacial score (nSPS) is 17.1. The third-order valence-electron chi connectivity index (χ3n) is 4.74. The van der Waals surface area contributed by atoms with Crippen LogP contribution in [0.15, 0.2) is 69.9 Å². The van der Waals surface area contributed by atoms with Crippen LogP contribution in [0.5, 0.6) is 17.2 Å². The van der Waals surface area contributed by atoms with Gasteiger partial charge in [0.25, 0.3) is 0 Å². The van der Waals surface area contributed by atoms with Gasteiger partial charge in [-0.3, -0.25) is 0 Å². The summed E-state index contributed by atoms with van der Waals surface area (Å²) in [6.45, 7) is 1.94. The molecule has 2 aliphatic heterocycles. The first-order valence-electron chi connectivity index (χ1n) is 8.68. The predicted octanol–water partition coefficient (Wildman–Crippen LogP) is 4.24. The van der Waals surface area contributed by atoms with Gasteiger partial charge in [-0.05, 0) is 30.7 Å². The molecule has 134 valence electrons. The lowest BCUT2D eigenvalue weighted by Gasteiger charge is -2.24. The van der Waals surface area contributed by atoms with Gasteiger partial charge < -0.3 is 18.6 Å². The first-order chi connectivity index (χ1) is 13.2. The summed E-state index contributed by atoms with van der Waals surface area (Å²) in [6, 6.07) is 17.3. The number of benzene rings is 2. The van der Waals surface area contributed by atoms with Crippen molar-refractivity contribution in [3.05, 3.63) is 93.5 Å². The van der Waals surface area contributed by atoms with Crippen LogP contribution in [0.25, 0.3) is 5.76 Å². The van der Waals surface area contributed by atoms with Gasteiger partial charge in [0, 0.05) is 17.5 Å². The Morgan fingerprint density at radius 2 is 1.74 bits per heavy atom. The number of fused-ring (bicyclic) bond motifs is 2. The fraction of sp³-hybridized carbons (Fsp3) is 0.136. The number of allylic oxidation sites excluding steroid dienone is 1. The minimum atomic E-state index is -0.393. The minimum Gasteiger partial charge on any atom is -0.456 e. The van der Waals surface area contributed by atoms with Crippen LogP contribution < -0.4 is 19.8 Å². The fourth-order valence-electron chi connectivity index (χ4n) is 3.47. The zero-order valence-electron chi connectivity index (χ0n) is 14.6. The van der Waals surface area contributed by atoms with Crippen LogP contribution in [0, 0.1) is 6.92 Å². The number of ether oxygens (including phenoxy) is 3. The topological polar surface area (TPSA) is 57.9 Å². The second-order valence-corrected chi connectivity index (χ2v) is 6.51. The maximum absolute atomic E-state index is 12.6. The van der Waals surface area contributed by atoms with Crippen molar-refractivity contribution in [2.24, 2.45) is 0 Å². The highest BCUT2D eigenvalue weighted by molar-refractivity contribution is 5.68. The molecule has 5 rings (SSSR count). The Labute approximate surface area is 155 Å². The lowest BCUT2D eigenvalue weighted by Crippen LogP contribution is -2.19. The Balaban J connectivity index is 1.70. The van der Waals surface area contributed by atoms with Crippen molar-refractivity contribution < 1.29 is 18.6 Å². The van der Waals surface area contributed by atoms with Gasteiger partial charge in [0.1, 0.15) is 17.3 Å². The average Bonchev–Trinajstić information content (AvgIpc) is 3.15. The minimum absolute atomic E-state index is 0.204. The van der Waals surface area contributed by atoms with Crippen LogP contribution >= 0.6 is 0 Å². The summed E-state index contributed by atoms with van der Waals surface area (Å²) in [6.07, 6.45) is 1.95. The van der Waals surface area contributed by atoms with Crippen LogP contribution in [0.1, 0.15) is 28.4 Å². The Kier molecular flexibility index (Phi) is 3.53. The van der Waals surface area contributed by atoms with E-state index in [1.165, 1.54) is 0 Å². The van der Waals surface area contributed by atoms with Crippen molar-refractivity contribution in [3.8, 4) is 17.2 Å². The molecule has 0 amide bonds. The van der Waals surface area contributed by atoms with Crippen molar-refractivity contribution in [2.75, 3.05) is 6.79 Å². The predicted molar refractivity (Wildman–Crippen MR) is 99.2 cm³/mol. The van der Waals surface area contributed by atoms with E-state index in [4.69, 9.17) is 18.6 Å². The summed E-state index contributed by atoms with van der Waals surface area (Å²) in [4.78, 5) is 12.6. The number of aryl methyl sites for hydroxylation is 1. The van der Waals surface area contributed by atoms with E-state index in [2.05, 4.69) is 0 Å². The molecular formula is C22H16O5. The average molecular weight is 360 g/mol. The van der Waals surface area contributed by atoms with Crippen LogP contribution in [0.4, 0.5) is 0 Å². The molecule has 0 N–H and O–H groups in total. The molecule has 0 saturated carbocycles. The second kappa shape index (κ2) is 6.06. The van der Waals surface area contributed by atoms with Gasteiger partial charge in [0.05, 0.1) is 5.56 Å². The second-order valence-electron chi connectivity index (χ2n) is 6.51. The number of hydrogen-bond donors (Lipinski definition) is 0. The first-order valence-corrected chi connectivity index (χ1v) is 8.68. The van der Waals surface area contributed by atoms with E-state index in [1.54, 1.807) is 13.0 Å². The van der Waals surface area contributed by atoms with Crippen molar-refractivity contribution in [1.29, 1.82) is 0 Å². The monoisotopic (exact) mass is 360 g/mol. The third-order valence-corrected chi connectivity index (χ3v) is 4.74. The molecule has 5 nitrogen and oxygen atoms in total. The molecule has 1 aromatic heterocycles. The van der Waals surface area contributed by atoms with E-state index in [9.17, 15) is 4.79 Å². The highest BCUT2D eigenvalue weighted by Gasteiger charge is 2.29. The Morgan fingerprint density at radius 3 is 2.59 bits per heavy atom. The molecule has 0 saturated heterocycles. The van der Waals surface area contributed by atoms with Crippen molar-refractivity contribution in [1.82, 2.24) is 0 Å². The van der Waals surface area contributed by atoms with Crippen molar-refractivity contribution in [2.45, 2.75) is 12.8 Å². The lowest BCUT2D eigenvalue weighted by atomic mass is 9.88. The van der Waals surface area contributed by atoms with Gasteiger partial charge in [-0.1, -0.05) is 36.4 Å². The van der Waals surface area contributed by atoms with Gasteiger partial charge in [-0.25, -0.2) is 4.79 Å². The number of hydrogen-bond acceptors (Lipinski definition) is 5.